The number of nitrogen functional groups attached to an aromatic ring is 1. The van der Waals surface area contributed by atoms with Gasteiger partial charge in [0.2, 0.25) is 0 Å². The van der Waals surface area contributed by atoms with E-state index >= 15 is 0 Å². The average Bonchev–Trinajstić information content (AvgIpc) is 2.84. The van der Waals surface area contributed by atoms with Crippen molar-refractivity contribution in [3.8, 4) is 0 Å². The van der Waals surface area contributed by atoms with E-state index in [0.717, 1.165) is 19.4 Å². The summed E-state index contributed by atoms with van der Waals surface area (Å²) in [4.78, 5) is 18.3. The number of nitrogens with zero attached hydrogens (tertiary/aromatic N) is 2. The van der Waals surface area contributed by atoms with E-state index in [2.05, 4.69) is 4.98 Å². The van der Waals surface area contributed by atoms with Gasteiger partial charge in [-0.1, -0.05) is 12.8 Å². The molecule has 0 aliphatic heterocycles. The van der Waals surface area contributed by atoms with Crippen molar-refractivity contribution in [1.29, 1.82) is 0 Å². The molecule has 92 valence electrons. The Morgan fingerprint density at radius 2 is 2.18 bits per heavy atom. The monoisotopic (exact) mass is 233 g/mol. The molecule has 4 nitrogen and oxygen atoms in total. The molecule has 1 fully saturated rings. The van der Waals surface area contributed by atoms with Crippen LogP contribution in [-0.2, 0) is 0 Å². The van der Waals surface area contributed by atoms with E-state index in [1.807, 2.05) is 11.8 Å². The number of carbonyl (C=O) groups is 1. The molecule has 1 aromatic rings. The van der Waals surface area contributed by atoms with Crippen LogP contribution in [0.5, 0.6) is 0 Å². The summed E-state index contributed by atoms with van der Waals surface area (Å²) in [6.45, 7) is 2.79. The van der Waals surface area contributed by atoms with Crippen LogP contribution in [0.3, 0.4) is 0 Å². The zero-order chi connectivity index (χ0) is 12.3. The minimum atomic E-state index is 0.0758. The highest BCUT2D eigenvalue weighted by molar-refractivity contribution is 5.94. The number of carbonyl (C=O) groups excluding carboxylic acids is 1. The summed E-state index contributed by atoms with van der Waals surface area (Å²) in [6, 6.07) is 3.84. The van der Waals surface area contributed by atoms with Crippen LogP contribution in [0.1, 0.15) is 43.0 Å². The fourth-order valence-corrected chi connectivity index (χ4v) is 2.48. The van der Waals surface area contributed by atoms with Crippen molar-refractivity contribution >= 4 is 11.7 Å². The molecule has 0 radical (unpaired) electrons. The molecule has 2 N–H and O–H groups in total. The van der Waals surface area contributed by atoms with Crippen LogP contribution in [0.4, 0.5) is 5.82 Å². The smallest absolute Gasteiger partial charge is 0.255 e. The Balaban J connectivity index is 2.13. The third-order valence-corrected chi connectivity index (χ3v) is 3.40. The van der Waals surface area contributed by atoms with Crippen molar-refractivity contribution in [2.75, 3.05) is 12.3 Å². The molecule has 0 spiro atoms. The van der Waals surface area contributed by atoms with Gasteiger partial charge in [0.1, 0.15) is 5.82 Å². The van der Waals surface area contributed by atoms with Gasteiger partial charge < -0.3 is 10.6 Å². The lowest BCUT2D eigenvalue weighted by Crippen LogP contribution is -2.38. The number of anilines is 1. The fourth-order valence-electron chi connectivity index (χ4n) is 2.48. The summed E-state index contributed by atoms with van der Waals surface area (Å²) in [5.41, 5.74) is 6.15. The maximum absolute atomic E-state index is 12.3. The number of nitrogens with two attached hydrogens (primary N) is 1. The molecule has 0 unspecified atom stereocenters. The van der Waals surface area contributed by atoms with Gasteiger partial charge in [0.15, 0.2) is 0 Å². The second-order valence-corrected chi connectivity index (χ2v) is 4.50. The zero-order valence-corrected chi connectivity index (χ0v) is 10.2. The normalized spacial score (nSPS) is 16.1. The van der Waals surface area contributed by atoms with Crippen molar-refractivity contribution in [3.63, 3.8) is 0 Å². The second-order valence-electron chi connectivity index (χ2n) is 4.50. The van der Waals surface area contributed by atoms with Crippen LogP contribution in [0, 0.1) is 0 Å². The third kappa shape index (κ3) is 2.57. The van der Waals surface area contributed by atoms with E-state index in [4.69, 9.17) is 5.73 Å². The zero-order valence-electron chi connectivity index (χ0n) is 10.2. The van der Waals surface area contributed by atoms with Crippen LogP contribution in [0.15, 0.2) is 18.3 Å². The Labute approximate surface area is 102 Å². The quantitative estimate of drug-likeness (QED) is 0.869. The lowest BCUT2D eigenvalue weighted by Gasteiger charge is -2.27. The molecule has 4 heteroatoms. The number of rotatable bonds is 3. The van der Waals surface area contributed by atoms with E-state index in [9.17, 15) is 4.79 Å². The third-order valence-electron chi connectivity index (χ3n) is 3.40. The first-order chi connectivity index (χ1) is 8.22. The Kier molecular flexibility index (Phi) is 3.61. The second kappa shape index (κ2) is 5.17. The number of hydrogen-bond donors (Lipinski definition) is 1. The van der Waals surface area contributed by atoms with Gasteiger partial charge in [-0.3, -0.25) is 4.79 Å². The summed E-state index contributed by atoms with van der Waals surface area (Å²) in [7, 11) is 0. The van der Waals surface area contributed by atoms with E-state index in [1.54, 1.807) is 18.3 Å². The Morgan fingerprint density at radius 3 is 2.71 bits per heavy atom. The summed E-state index contributed by atoms with van der Waals surface area (Å²) in [5, 5.41) is 0. The van der Waals surface area contributed by atoms with Crippen LogP contribution in [-0.4, -0.2) is 28.4 Å². The minimum absolute atomic E-state index is 0.0758. The summed E-state index contributed by atoms with van der Waals surface area (Å²) >= 11 is 0. The maximum Gasteiger partial charge on any atom is 0.255 e. The molecule has 0 saturated heterocycles. The van der Waals surface area contributed by atoms with Crippen LogP contribution >= 0.6 is 0 Å². The highest BCUT2D eigenvalue weighted by Gasteiger charge is 2.26. The van der Waals surface area contributed by atoms with E-state index < -0.39 is 0 Å². The van der Waals surface area contributed by atoms with Gasteiger partial charge in [-0.15, -0.1) is 0 Å². The molecule has 1 heterocycles. The van der Waals surface area contributed by atoms with Gasteiger partial charge >= 0.3 is 0 Å². The molecule has 1 aliphatic carbocycles. The highest BCUT2D eigenvalue weighted by Crippen LogP contribution is 2.24. The van der Waals surface area contributed by atoms with E-state index in [-0.39, 0.29) is 5.91 Å². The van der Waals surface area contributed by atoms with Crippen LogP contribution < -0.4 is 5.73 Å². The van der Waals surface area contributed by atoms with E-state index in [1.165, 1.54) is 12.8 Å². The minimum Gasteiger partial charge on any atom is -0.384 e. The van der Waals surface area contributed by atoms with Crippen molar-refractivity contribution < 1.29 is 4.79 Å². The highest BCUT2D eigenvalue weighted by atomic mass is 16.2. The van der Waals surface area contributed by atoms with Gasteiger partial charge in [0, 0.05) is 18.8 Å². The number of amides is 1. The Bertz CT molecular complexity index is 382. The van der Waals surface area contributed by atoms with Crippen LogP contribution in [0.25, 0.3) is 0 Å². The average molecular weight is 233 g/mol. The molecule has 0 bridgehead atoms. The van der Waals surface area contributed by atoms with Gasteiger partial charge in [-0.2, -0.15) is 0 Å². The molecule has 1 saturated carbocycles. The van der Waals surface area contributed by atoms with Crippen molar-refractivity contribution in [3.05, 3.63) is 23.9 Å². The summed E-state index contributed by atoms with van der Waals surface area (Å²) < 4.78 is 0. The first-order valence-corrected chi connectivity index (χ1v) is 6.25. The topological polar surface area (TPSA) is 59.2 Å². The molecule has 1 amide bonds. The van der Waals surface area contributed by atoms with Crippen LogP contribution in [0.2, 0.25) is 0 Å². The molecule has 2 rings (SSSR count). The van der Waals surface area contributed by atoms with Gasteiger partial charge in [0.25, 0.3) is 5.91 Å². The number of pyridine rings is 1. The lowest BCUT2D eigenvalue weighted by molar-refractivity contribution is 0.0693. The van der Waals surface area contributed by atoms with Gasteiger partial charge in [-0.25, -0.2) is 4.98 Å². The molecule has 1 aromatic heterocycles. The Morgan fingerprint density at radius 1 is 1.47 bits per heavy atom. The largest absolute Gasteiger partial charge is 0.384 e. The predicted octanol–water partition coefficient (Wildman–Crippen LogP) is 2.07. The number of hydrogen-bond acceptors (Lipinski definition) is 3. The Hall–Kier alpha value is -1.58. The standard InChI is InChI=1S/C13H19N3O/c1-2-16(11-5-3-4-6-11)13(17)10-7-8-12(14)15-9-10/h7-9,11H,2-6H2,1H3,(H2,14,15). The number of aromatic nitrogens is 1. The molecular formula is C13H19N3O. The van der Waals surface area contributed by atoms with Crippen molar-refractivity contribution in [1.82, 2.24) is 9.88 Å². The summed E-state index contributed by atoms with van der Waals surface area (Å²) in [6.07, 6.45) is 6.28. The van der Waals surface area contributed by atoms with Gasteiger partial charge in [-0.05, 0) is 31.9 Å². The first-order valence-electron chi connectivity index (χ1n) is 6.25. The molecule has 17 heavy (non-hydrogen) atoms. The van der Waals surface area contributed by atoms with Gasteiger partial charge in [0.05, 0.1) is 5.56 Å². The molecule has 0 atom stereocenters. The predicted molar refractivity (Wildman–Crippen MR) is 67.6 cm³/mol. The lowest BCUT2D eigenvalue weighted by atomic mass is 10.1. The van der Waals surface area contributed by atoms with E-state index in [0.29, 0.717) is 17.4 Å². The molecular weight excluding hydrogens is 214 g/mol. The first kappa shape index (κ1) is 11.9. The van der Waals surface area contributed by atoms with Crippen molar-refractivity contribution in [2.45, 2.75) is 38.6 Å². The maximum atomic E-state index is 12.3. The molecule has 1 aliphatic rings. The molecule has 0 aromatic carbocycles. The fraction of sp³-hybridized carbons (Fsp3) is 0.538. The summed E-state index contributed by atoms with van der Waals surface area (Å²) in [5.74, 6) is 0.525. The van der Waals surface area contributed by atoms with Crippen molar-refractivity contribution in [2.24, 2.45) is 0 Å². The SMILES string of the molecule is CCN(C(=O)c1ccc(N)nc1)C1CCCC1.